The first-order valence-corrected chi connectivity index (χ1v) is 10.3. The van der Waals surface area contributed by atoms with Crippen LogP contribution in [0.5, 0.6) is 0 Å². The Morgan fingerprint density at radius 1 is 0.815 bits per heavy atom. The number of nitrogens with zero attached hydrogens (tertiary/aromatic N) is 5. The number of hydrogen-bond acceptors (Lipinski definition) is 5. The number of aromatic nitrogens is 2. The van der Waals surface area contributed by atoms with Crippen LogP contribution in [0.4, 0.5) is 17.5 Å². The van der Waals surface area contributed by atoms with Crippen molar-refractivity contribution in [2.75, 3.05) is 54.0 Å². The van der Waals surface area contributed by atoms with Crippen LogP contribution in [0.15, 0.2) is 30.3 Å². The summed E-state index contributed by atoms with van der Waals surface area (Å²) in [5, 5.41) is 0. The van der Waals surface area contributed by atoms with Crippen LogP contribution in [0.25, 0.3) is 0 Å². The monoisotopic (exact) mass is 365 g/mol. The summed E-state index contributed by atoms with van der Waals surface area (Å²) in [6, 6.07) is 10.9. The lowest BCUT2D eigenvalue weighted by atomic mass is 9.99. The minimum atomic E-state index is 0.832. The van der Waals surface area contributed by atoms with E-state index in [9.17, 15) is 0 Å². The lowest BCUT2D eigenvalue weighted by Gasteiger charge is -2.37. The maximum absolute atomic E-state index is 4.94. The molecule has 0 amide bonds. The van der Waals surface area contributed by atoms with Gasteiger partial charge in [-0.1, -0.05) is 19.1 Å². The van der Waals surface area contributed by atoms with Crippen molar-refractivity contribution >= 4 is 17.5 Å². The highest BCUT2D eigenvalue weighted by molar-refractivity contribution is 5.51. The van der Waals surface area contributed by atoms with E-state index in [0.717, 1.165) is 62.6 Å². The summed E-state index contributed by atoms with van der Waals surface area (Å²) in [5.74, 6) is 2.83. The van der Waals surface area contributed by atoms with E-state index in [2.05, 4.69) is 65.8 Å². The number of rotatable bonds is 3. The van der Waals surface area contributed by atoms with Crippen LogP contribution in [-0.4, -0.2) is 49.2 Å². The second-order valence-corrected chi connectivity index (χ2v) is 8.15. The molecule has 27 heavy (non-hydrogen) atoms. The minimum absolute atomic E-state index is 0.832. The molecule has 1 aromatic heterocycles. The van der Waals surface area contributed by atoms with E-state index in [0.29, 0.717) is 0 Å². The van der Waals surface area contributed by atoms with Crippen LogP contribution < -0.4 is 14.7 Å². The fourth-order valence-corrected chi connectivity index (χ4v) is 4.07. The molecule has 3 heterocycles. The molecule has 2 aliphatic heterocycles. The van der Waals surface area contributed by atoms with Gasteiger partial charge in [-0.25, -0.2) is 4.98 Å². The van der Waals surface area contributed by atoms with Crippen LogP contribution in [0.2, 0.25) is 0 Å². The van der Waals surface area contributed by atoms with Crippen molar-refractivity contribution in [3.8, 4) is 0 Å². The molecule has 0 radical (unpaired) electrons. The molecule has 144 valence electrons. The third-order valence-electron chi connectivity index (χ3n) is 5.87. The van der Waals surface area contributed by atoms with Gasteiger partial charge in [0, 0.05) is 56.7 Å². The minimum Gasteiger partial charge on any atom is -0.368 e. The molecule has 0 spiro atoms. The van der Waals surface area contributed by atoms with Gasteiger partial charge in [-0.05, 0) is 50.3 Å². The Morgan fingerprint density at radius 3 is 2.22 bits per heavy atom. The van der Waals surface area contributed by atoms with Crippen molar-refractivity contribution in [1.29, 1.82) is 0 Å². The highest BCUT2D eigenvalue weighted by Crippen LogP contribution is 2.25. The first-order chi connectivity index (χ1) is 13.1. The summed E-state index contributed by atoms with van der Waals surface area (Å²) in [7, 11) is 0. The molecule has 0 saturated carbocycles. The van der Waals surface area contributed by atoms with Gasteiger partial charge in [0.1, 0.15) is 5.82 Å². The zero-order valence-electron chi connectivity index (χ0n) is 16.9. The van der Waals surface area contributed by atoms with Gasteiger partial charge < -0.3 is 14.7 Å². The molecule has 5 nitrogen and oxygen atoms in total. The van der Waals surface area contributed by atoms with E-state index < -0.39 is 0 Å². The van der Waals surface area contributed by atoms with Crippen LogP contribution in [-0.2, 0) is 0 Å². The summed E-state index contributed by atoms with van der Waals surface area (Å²) in [5.41, 5.74) is 3.70. The Labute approximate surface area is 163 Å². The highest BCUT2D eigenvalue weighted by atomic mass is 15.3. The summed E-state index contributed by atoms with van der Waals surface area (Å²) in [4.78, 5) is 16.9. The van der Waals surface area contributed by atoms with Gasteiger partial charge in [-0.15, -0.1) is 0 Å². The van der Waals surface area contributed by atoms with Gasteiger partial charge in [-0.2, -0.15) is 4.98 Å². The van der Waals surface area contributed by atoms with Crippen molar-refractivity contribution in [3.05, 3.63) is 41.6 Å². The van der Waals surface area contributed by atoms with Gasteiger partial charge in [0.15, 0.2) is 0 Å². The first kappa shape index (κ1) is 18.1. The smallest absolute Gasteiger partial charge is 0.227 e. The molecule has 0 aliphatic carbocycles. The predicted molar refractivity (Wildman–Crippen MR) is 113 cm³/mol. The largest absolute Gasteiger partial charge is 0.368 e. The van der Waals surface area contributed by atoms with E-state index in [1.165, 1.54) is 24.1 Å². The number of benzene rings is 1. The lowest BCUT2D eigenvalue weighted by molar-refractivity contribution is 0.436. The van der Waals surface area contributed by atoms with Gasteiger partial charge in [-0.3, -0.25) is 0 Å². The second-order valence-electron chi connectivity index (χ2n) is 8.15. The lowest BCUT2D eigenvalue weighted by Crippen LogP contribution is -2.47. The molecule has 0 atom stereocenters. The summed E-state index contributed by atoms with van der Waals surface area (Å²) in [6.45, 7) is 12.8. The third-order valence-corrected chi connectivity index (χ3v) is 5.87. The molecule has 5 heteroatoms. The first-order valence-electron chi connectivity index (χ1n) is 10.3. The van der Waals surface area contributed by atoms with Crippen molar-refractivity contribution in [3.63, 3.8) is 0 Å². The standard InChI is InChI=1S/C22H31N5/c1-17-7-9-26(10-8-17)21-16-19(3)23-22(24-21)27-13-11-25(12-14-27)20-6-4-5-18(2)15-20/h4-6,15-17H,7-14H2,1-3H3. The van der Waals surface area contributed by atoms with E-state index >= 15 is 0 Å². The molecule has 1 aromatic carbocycles. The average Bonchev–Trinajstić information content (AvgIpc) is 2.68. The van der Waals surface area contributed by atoms with E-state index in [1.54, 1.807) is 0 Å². The number of aryl methyl sites for hydroxylation is 2. The molecule has 2 fully saturated rings. The molecular formula is C22H31N5. The van der Waals surface area contributed by atoms with Crippen LogP contribution in [0, 0.1) is 19.8 Å². The van der Waals surface area contributed by atoms with Gasteiger partial charge in [0.25, 0.3) is 0 Å². The Hall–Kier alpha value is -2.30. The van der Waals surface area contributed by atoms with Gasteiger partial charge in [0.05, 0.1) is 0 Å². The SMILES string of the molecule is Cc1cccc(N2CCN(c3nc(C)cc(N4CCC(C)CC4)n3)CC2)c1. The molecule has 0 bridgehead atoms. The fraction of sp³-hybridized carbons (Fsp3) is 0.545. The number of piperidine rings is 1. The number of piperazine rings is 1. The maximum Gasteiger partial charge on any atom is 0.227 e. The Kier molecular flexibility index (Phi) is 5.19. The zero-order chi connectivity index (χ0) is 18.8. The topological polar surface area (TPSA) is 35.5 Å². The van der Waals surface area contributed by atoms with Crippen molar-refractivity contribution in [2.45, 2.75) is 33.6 Å². The van der Waals surface area contributed by atoms with E-state index in [-0.39, 0.29) is 0 Å². The normalized spacial score (nSPS) is 18.9. The zero-order valence-corrected chi connectivity index (χ0v) is 16.9. The Balaban J connectivity index is 1.45. The van der Waals surface area contributed by atoms with E-state index in [1.807, 2.05) is 0 Å². The molecule has 2 aromatic rings. The summed E-state index contributed by atoms with van der Waals surface area (Å²) >= 11 is 0. The second kappa shape index (κ2) is 7.75. The molecule has 2 aliphatic rings. The van der Waals surface area contributed by atoms with Crippen molar-refractivity contribution in [2.24, 2.45) is 5.92 Å². The van der Waals surface area contributed by atoms with Crippen molar-refractivity contribution < 1.29 is 0 Å². The average molecular weight is 366 g/mol. The van der Waals surface area contributed by atoms with Crippen LogP contribution >= 0.6 is 0 Å². The van der Waals surface area contributed by atoms with Gasteiger partial charge in [0.2, 0.25) is 5.95 Å². The van der Waals surface area contributed by atoms with E-state index in [4.69, 9.17) is 9.97 Å². The summed E-state index contributed by atoms with van der Waals surface area (Å²) < 4.78 is 0. The maximum atomic E-state index is 4.94. The molecule has 0 unspecified atom stereocenters. The number of hydrogen-bond donors (Lipinski definition) is 0. The molecule has 0 N–H and O–H groups in total. The summed E-state index contributed by atoms with van der Waals surface area (Å²) in [6.07, 6.45) is 2.51. The molecular weight excluding hydrogens is 334 g/mol. The van der Waals surface area contributed by atoms with Gasteiger partial charge >= 0.3 is 0 Å². The predicted octanol–water partition coefficient (Wildman–Crippen LogP) is 3.66. The number of anilines is 3. The Bertz CT molecular complexity index is 774. The quantitative estimate of drug-likeness (QED) is 0.829. The van der Waals surface area contributed by atoms with Crippen LogP contribution in [0.3, 0.4) is 0 Å². The third kappa shape index (κ3) is 4.18. The highest BCUT2D eigenvalue weighted by Gasteiger charge is 2.22. The Morgan fingerprint density at radius 2 is 1.52 bits per heavy atom. The van der Waals surface area contributed by atoms with Crippen LogP contribution in [0.1, 0.15) is 31.0 Å². The molecule has 2 saturated heterocycles. The fourth-order valence-electron chi connectivity index (χ4n) is 4.07. The molecule has 4 rings (SSSR count). The van der Waals surface area contributed by atoms with Crippen molar-refractivity contribution in [1.82, 2.24) is 9.97 Å².